The normalized spacial score (nSPS) is 27.1. The second-order valence-electron chi connectivity index (χ2n) is 17.0. The van der Waals surface area contributed by atoms with E-state index < -0.39 is 92.7 Å². The van der Waals surface area contributed by atoms with E-state index in [-0.39, 0.29) is 26.1 Å². The molecule has 0 aromatic heterocycles. The molecule has 7 N–H and O–H groups in total. The molecule has 0 aromatic carbocycles. The van der Waals surface area contributed by atoms with Crippen LogP contribution < -0.4 is 0 Å². The summed E-state index contributed by atoms with van der Waals surface area (Å²) in [6, 6.07) is 0. The number of hydrogen-bond donors (Lipinski definition) is 7. The highest BCUT2D eigenvalue weighted by Gasteiger charge is 2.47. The summed E-state index contributed by atoms with van der Waals surface area (Å²) >= 11 is 0. The van der Waals surface area contributed by atoms with Crippen LogP contribution in [0.3, 0.4) is 0 Å². The van der Waals surface area contributed by atoms with Gasteiger partial charge >= 0.3 is 11.9 Å². The van der Waals surface area contributed by atoms with Gasteiger partial charge in [0.25, 0.3) is 0 Å². The van der Waals surface area contributed by atoms with Crippen molar-refractivity contribution < 1.29 is 73.8 Å². The zero-order valence-electron chi connectivity index (χ0n) is 38.3. The average Bonchev–Trinajstić information content (AvgIpc) is 3.28. The largest absolute Gasteiger partial charge is 0.462 e. The number of rotatable bonds is 36. The molecule has 0 saturated carbocycles. The molecule has 15 heteroatoms. The molecule has 2 aliphatic rings. The van der Waals surface area contributed by atoms with Gasteiger partial charge in [0.15, 0.2) is 18.7 Å². The first-order chi connectivity index (χ1) is 30.5. The van der Waals surface area contributed by atoms with E-state index >= 15 is 0 Å². The van der Waals surface area contributed by atoms with Crippen molar-refractivity contribution in [1.29, 1.82) is 0 Å². The second-order valence-corrected chi connectivity index (χ2v) is 17.0. The summed E-state index contributed by atoms with van der Waals surface area (Å²) in [5.41, 5.74) is 0. The van der Waals surface area contributed by atoms with Crippen LogP contribution in [0, 0.1) is 0 Å². The number of allylic oxidation sites excluding steroid dienone is 6. The maximum atomic E-state index is 12.9. The highest BCUT2D eigenvalue weighted by atomic mass is 16.7. The molecule has 0 bridgehead atoms. The Morgan fingerprint density at radius 1 is 0.524 bits per heavy atom. The Labute approximate surface area is 376 Å². The summed E-state index contributed by atoms with van der Waals surface area (Å²) in [7, 11) is 0. The van der Waals surface area contributed by atoms with Crippen molar-refractivity contribution in [2.45, 2.75) is 229 Å². The fraction of sp³-hybridized carbons (Fsp3) is 0.833. The predicted octanol–water partition coefficient (Wildman–Crippen LogP) is 5.76. The molecule has 2 fully saturated rings. The molecule has 2 aliphatic heterocycles. The first-order valence-corrected chi connectivity index (χ1v) is 24.1. The van der Waals surface area contributed by atoms with E-state index in [9.17, 15) is 45.3 Å². The number of carbonyl (C=O) groups excluding carboxylic acids is 2. The van der Waals surface area contributed by atoms with Crippen LogP contribution in [0.5, 0.6) is 0 Å². The van der Waals surface area contributed by atoms with E-state index in [1.165, 1.54) is 64.2 Å². The molecule has 15 nitrogen and oxygen atoms in total. The molecule has 2 rings (SSSR count). The Kier molecular flexibility index (Phi) is 32.4. The molecule has 0 spiro atoms. The van der Waals surface area contributed by atoms with E-state index in [0.29, 0.717) is 12.8 Å². The Morgan fingerprint density at radius 2 is 1.00 bits per heavy atom. The van der Waals surface area contributed by atoms with E-state index in [0.717, 1.165) is 57.8 Å². The van der Waals surface area contributed by atoms with Crippen LogP contribution in [0.1, 0.15) is 162 Å². The lowest BCUT2D eigenvalue weighted by atomic mass is 9.98. The van der Waals surface area contributed by atoms with Crippen LogP contribution in [-0.2, 0) is 38.0 Å². The summed E-state index contributed by atoms with van der Waals surface area (Å²) in [5, 5.41) is 71.9. The Balaban J connectivity index is 1.84. The maximum absolute atomic E-state index is 12.9. The van der Waals surface area contributed by atoms with Gasteiger partial charge in [-0.05, 0) is 32.1 Å². The van der Waals surface area contributed by atoms with Gasteiger partial charge in [0.2, 0.25) is 0 Å². The number of hydrogen-bond acceptors (Lipinski definition) is 15. The lowest BCUT2D eigenvalue weighted by Gasteiger charge is -2.42. The number of esters is 2. The molecule has 2 heterocycles. The van der Waals surface area contributed by atoms with E-state index in [4.69, 9.17) is 28.4 Å². The third kappa shape index (κ3) is 24.7. The lowest BCUT2D eigenvalue weighted by molar-refractivity contribution is -0.332. The minimum Gasteiger partial charge on any atom is -0.462 e. The molecule has 0 radical (unpaired) electrons. The number of carbonyl (C=O) groups is 2. The Bertz CT molecular complexity index is 1240. The highest BCUT2D eigenvalue weighted by Crippen LogP contribution is 2.26. The van der Waals surface area contributed by atoms with Crippen LogP contribution in [0.2, 0.25) is 0 Å². The van der Waals surface area contributed by atoms with Gasteiger partial charge in [0.05, 0.1) is 19.8 Å². The first kappa shape index (κ1) is 56.8. The van der Waals surface area contributed by atoms with Gasteiger partial charge in [-0.1, -0.05) is 153 Å². The standard InChI is InChI=1S/C48H84O15/c1-3-5-7-9-11-13-15-17-19-20-22-24-26-28-30-39(50)58-33-36(61-40(51)31-29-27-25-23-21-18-16-14-12-10-8-6-4-2)34-59-47-46(57)44(55)42(53)38(63-47)35-60-48-45(56)43(54)41(52)37(32-49)62-48/h6,8,10,12,14,16,36-38,41-49,52-57H,3-5,7,9,11,13,15,17-35H2,1-2H3/b8-6+,12-10+,16-14+/t36?,37-,38-,41+,42+,43?,44?,45?,46?,47-,48-/m1/s1. The Hall–Kier alpha value is -2.28. The quantitative estimate of drug-likeness (QED) is 0.0225. The monoisotopic (exact) mass is 901 g/mol. The van der Waals surface area contributed by atoms with Crippen LogP contribution in [0.25, 0.3) is 0 Å². The van der Waals surface area contributed by atoms with E-state index in [2.05, 4.69) is 26.0 Å². The second kappa shape index (κ2) is 35.9. The molecule has 366 valence electrons. The van der Waals surface area contributed by atoms with Gasteiger partial charge in [-0.25, -0.2) is 0 Å². The van der Waals surface area contributed by atoms with Crippen molar-refractivity contribution in [3.05, 3.63) is 36.5 Å². The summed E-state index contributed by atoms with van der Waals surface area (Å²) in [5.74, 6) is -0.947. The van der Waals surface area contributed by atoms with E-state index in [1.54, 1.807) is 0 Å². The number of aliphatic hydroxyl groups excluding tert-OH is 7. The van der Waals surface area contributed by atoms with Crippen LogP contribution >= 0.6 is 0 Å². The zero-order valence-corrected chi connectivity index (χ0v) is 38.3. The summed E-state index contributed by atoms with van der Waals surface area (Å²) in [6.07, 6.45) is 19.0. The van der Waals surface area contributed by atoms with Gasteiger partial charge in [0, 0.05) is 12.8 Å². The maximum Gasteiger partial charge on any atom is 0.306 e. The van der Waals surface area contributed by atoms with Gasteiger partial charge in [0.1, 0.15) is 55.4 Å². The van der Waals surface area contributed by atoms with Crippen molar-refractivity contribution in [2.24, 2.45) is 0 Å². The van der Waals surface area contributed by atoms with Crippen molar-refractivity contribution in [1.82, 2.24) is 0 Å². The SMILES string of the molecule is CC/C=C/C=C/C=C/CCCCCCCC(=O)OC(COC(=O)CCCCCCCCCCCCCCCC)CO[C@@H]1O[C@H](CO[C@@H]2O[C@H](CO)[C@H](O)C(O)C2O)[C@H](O)C(O)C1O. The molecule has 5 unspecified atom stereocenters. The average molecular weight is 901 g/mol. The lowest BCUT2D eigenvalue weighted by Crippen LogP contribution is -2.61. The minimum absolute atomic E-state index is 0.143. The molecule has 63 heavy (non-hydrogen) atoms. The van der Waals surface area contributed by atoms with Crippen molar-refractivity contribution >= 4 is 11.9 Å². The fourth-order valence-electron chi connectivity index (χ4n) is 7.45. The number of aliphatic hydroxyl groups is 7. The van der Waals surface area contributed by atoms with Gasteiger partial charge in [-0.3, -0.25) is 9.59 Å². The zero-order chi connectivity index (χ0) is 46.1. The minimum atomic E-state index is -1.77. The Morgan fingerprint density at radius 3 is 1.56 bits per heavy atom. The first-order valence-electron chi connectivity index (χ1n) is 24.1. The third-order valence-electron chi connectivity index (χ3n) is 11.4. The smallest absolute Gasteiger partial charge is 0.306 e. The van der Waals surface area contributed by atoms with Gasteiger partial charge < -0.3 is 64.2 Å². The van der Waals surface area contributed by atoms with Crippen LogP contribution in [0.4, 0.5) is 0 Å². The third-order valence-corrected chi connectivity index (χ3v) is 11.4. The predicted molar refractivity (Wildman–Crippen MR) is 238 cm³/mol. The molecule has 2 saturated heterocycles. The number of unbranched alkanes of at least 4 members (excludes halogenated alkanes) is 18. The highest BCUT2D eigenvalue weighted by molar-refractivity contribution is 5.70. The molecule has 0 amide bonds. The van der Waals surface area contributed by atoms with Crippen molar-refractivity contribution in [3.63, 3.8) is 0 Å². The van der Waals surface area contributed by atoms with Crippen LogP contribution in [-0.4, -0.2) is 142 Å². The molecule has 0 aliphatic carbocycles. The molecular weight excluding hydrogens is 817 g/mol. The van der Waals surface area contributed by atoms with Crippen LogP contribution in [0.15, 0.2) is 36.5 Å². The van der Waals surface area contributed by atoms with E-state index in [1.807, 2.05) is 24.3 Å². The van der Waals surface area contributed by atoms with Gasteiger partial charge in [-0.15, -0.1) is 0 Å². The summed E-state index contributed by atoms with van der Waals surface area (Å²) in [4.78, 5) is 25.7. The molecule has 0 aromatic rings. The summed E-state index contributed by atoms with van der Waals surface area (Å²) < 4.78 is 33.5. The summed E-state index contributed by atoms with van der Waals surface area (Å²) in [6.45, 7) is 2.42. The molecule has 11 atom stereocenters. The fourth-order valence-corrected chi connectivity index (χ4v) is 7.45. The number of ether oxygens (including phenoxy) is 6. The van der Waals surface area contributed by atoms with Gasteiger partial charge in [-0.2, -0.15) is 0 Å². The molecular formula is C48H84O15. The van der Waals surface area contributed by atoms with Crippen molar-refractivity contribution in [3.8, 4) is 0 Å². The topological polar surface area (TPSA) is 231 Å². The van der Waals surface area contributed by atoms with Crippen molar-refractivity contribution in [2.75, 3.05) is 26.4 Å².